The zero-order chi connectivity index (χ0) is 15.6. The summed E-state index contributed by atoms with van der Waals surface area (Å²) in [6, 6.07) is 5.50. The summed E-state index contributed by atoms with van der Waals surface area (Å²) in [6.07, 6.45) is 0.701. The average Bonchev–Trinajstić information content (AvgIpc) is 2.42. The van der Waals surface area contributed by atoms with Gasteiger partial charge in [0.15, 0.2) is 0 Å². The number of aryl methyl sites for hydroxylation is 2. The van der Waals surface area contributed by atoms with E-state index < -0.39 is 22.1 Å². The van der Waals surface area contributed by atoms with Gasteiger partial charge in [0.05, 0.1) is 11.6 Å². The lowest BCUT2D eigenvalue weighted by Gasteiger charge is -2.29. The summed E-state index contributed by atoms with van der Waals surface area (Å²) < 4.78 is 28.6. The van der Waals surface area contributed by atoms with Crippen LogP contribution in [0.5, 0.6) is 0 Å². The molecule has 0 saturated carbocycles. The van der Waals surface area contributed by atoms with E-state index in [1.807, 2.05) is 26.0 Å². The Morgan fingerprint density at radius 3 is 2.43 bits per heavy atom. The fourth-order valence-corrected chi connectivity index (χ4v) is 3.80. The Balaban J connectivity index is 2.07. The molecule has 0 radical (unpaired) electrons. The number of carbonyl (C=O) groups is 1. The number of hydrogen-bond acceptors (Lipinski definition) is 3. The van der Waals surface area contributed by atoms with Crippen LogP contribution in [0.4, 0.5) is 5.69 Å². The molecular formula is C14H20N2O4S. The smallest absolute Gasteiger partial charge is 0.306 e. The van der Waals surface area contributed by atoms with E-state index >= 15 is 0 Å². The summed E-state index contributed by atoms with van der Waals surface area (Å²) in [5.41, 5.74) is 2.48. The van der Waals surface area contributed by atoms with Crippen molar-refractivity contribution in [1.29, 1.82) is 0 Å². The van der Waals surface area contributed by atoms with Crippen LogP contribution in [0, 0.1) is 19.8 Å². The Hall–Kier alpha value is -1.60. The Kier molecular flexibility index (Phi) is 4.53. The van der Waals surface area contributed by atoms with Crippen molar-refractivity contribution in [3.63, 3.8) is 0 Å². The van der Waals surface area contributed by atoms with E-state index in [1.54, 1.807) is 6.07 Å². The quantitative estimate of drug-likeness (QED) is 0.887. The van der Waals surface area contributed by atoms with E-state index in [0.717, 1.165) is 11.1 Å². The highest BCUT2D eigenvalue weighted by molar-refractivity contribution is 7.90. The number of nitrogens with zero attached hydrogens (tertiary/aromatic N) is 1. The highest BCUT2D eigenvalue weighted by Crippen LogP contribution is 2.23. The molecule has 0 amide bonds. The van der Waals surface area contributed by atoms with Crippen LogP contribution in [0.3, 0.4) is 0 Å². The summed E-state index contributed by atoms with van der Waals surface area (Å²) in [7, 11) is -3.63. The second kappa shape index (κ2) is 6.03. The molecule has 1 heterocycles. The molecular weight excluding hydrogens is 292 g/mol. The van der Waals surface area contributed by atoms with Gasteiger partial charge in [-0.25, -0.2) is 0 Å². The van der Waals surface area contributed by atoms with Gasteiger partial charge in [0, 0.05) is 13.1 Å². The average molecular weight is 312 g/mol. The summed E-state index contributed by atoms with van der Waals surface area (Å²) in [5.74, 6) is -1.30. The molecule has 0 aromatic heterocycles. The minimum Gasteiger partial charge on any atom is -0.481 e. The maximum absolute atomic E-state index is 12.3. The minimum absolute atomic E-state index is 0.233. The van der Waals surface area contributed by atoms with Gasteiger partial charge in [-0.05, 0) is 38.3 Å². The number of carboxylic acid groups (broad SMARTS) is 1. The highest BCUT2D eigenvalue weighted by Gasteiger charge is 2.31. The second-order valence-corrected chi connectivity index (χ2v) is 7.11. The van der Waals surface area contributed by atoms with Gasteiger partial charge < -0.3 is 5.11 Å². The zero-order valence-corrected chi connectivity index (χ0v) is 13.0. The first-order valence-electron chi connectivity index (χ1n) is 6.87. The molecule has 21 heavy (non-hydrogen) atoms. The van der Waals surface area contributed by atoms with Crippen LogP contribution in [0.25, 0.3) is 0 Å². The molecule has 1 fully saturated rings. The zero-order valence-electron chi connectivity index (χ0n) is 12.2. The molecule has 1 aromatic carbocycles. The summed E-state index contributed by atoms with van der Waals surface area (Å²) >= 11 is 0. The third-order valence-corrected chi connectivity index (χ3v) is 5.29. The van der Waals surface area contributed by atoms with Crippen molar-refractivity contribution in [3.05, 3.63) is 29.3 Å². The molecule has 7 heteroatoms. The monoisotopic (exact) mass is 312 g/mol. The molecule has 0 aliphatic carbocycles. The molecule has 0 atom stereocenters. The molecule has 6 nitrogen and oxygen atoms in total. The molecule has 0 bridgehead atoms. The van der Waals surface area contributed by atoms with Crippen molar-refractivity contribution in [2.75, 3.05) is 17.8 Å². The van der Waals surface area contributed by atoms with Gasteiger partial charge in [0.2, 0.25) is 0 Å². The largest absolute Gasteiger partial charge is 0.481 e. The summed E-state index contributed by atoms with van der Waals surface area (Å²) in [5, 5.41) is 8.94. The predicted octanol–water partition coefficient (Wildman–Crippen LogP) is 1.76. The van der Waals surface area contributed by atoms with Gasteiger partial charge in [-0.15, -0.1) is 0 Å². The van der Waals surface area contributed by atoms with E-state index in [0.29, 0.717) is 18.5 Å². The standard InChI is InChI=1S/C14H20N2O4S/c1-10-3-4-13(11(2)9-10)15-21(19,20)16-7-5-12(6-8-16)14(17)18/h3-4,9,12,15H,5-8H2,1-2H3,(H,17,18). The van der Waals surface area contributed by atoms with E-state index in [-0.39, 0.29) is 13.1 Å². The van der Waals surface area contributed by atoms with Crippen molar-refractivity contribution in [2.45, 2.75) is 26.7 Å². The van der Waals surface area contributed by atoms with Crippen LogP contribution in [-0.4, -0.2) is 36.9 Å². The van der Waals surface area contributed by atoms with Gasteiger partial charge in [-0.3, -0.25) is 9.52 Å². The topological polar surface area (TPSA) is 86.7 Å². The lowest BCUT2D eigenvalue weighted by molar-refractivity contribution is -0.142. The first kappa shape index (κ1) is 15.8. The molecule has 1 aliphatic rings. The lowest BCUT2D eigenvalue weighted by atomic mass is 9.99. The minimum atomic E-state index is -3.63. The third kappa shape index (κ3) is 3.74. The Morgan fingerprint density at radius 1 is 1.29 bits per heavy atom. The molecule has 116 valence electrons. The number of benzene rings is 1. The number of nitrogens with one attached hydrogen (secondary N) is 1. The number of rotatable bonds is 4. The van der Waals surface area contributed by atoms with Crippen LogP contribution in [-0.2, 0) is 15.0 Å². The van der Waals surface area contributed by atoms with Gasteiger partial charge in [-0.2, -0.15) is 12.7 Å². The normalized spacial score (nSPS) is 17.6. The third-order valence-electron chi connectivity index (χ3n) is 3.76. The Morgan fingerprint density at radius 2 is 1.90 bits per heavy atom. The predicted molar refractivity (Wildman–Crippen MR) is 80.4 cm³/mol. The fraction of sp³-hybridized carbons (Fsp3) is 0.500. The van der Waals surface area contributed by atoms with Crippen LogP contribution < -0.4 is 4.72 Å². The number of anilines is 1. The molecule has 1 saturated heterocycles. The molecule has 0 spiro atoms. The molecule has 1 aliphatic heterocycles. The van der Waals surface area contributed by atoms with Crippen LogP contribution >= 0.6 is 0 Å². The summed E-state index contributed by atoms with van der Waals surface area (Å²) in [4.78, 5) is 10.9. The van der Waals surface area contributed by atoms with E-state index in [1.165, 1.54) is 4.31 Å². The lowest BCUT2D eigenvalue weighted by Crippen LogP contribution is -2.43. The Labute approximate surface area is 125 Å². The van der Waals surface area contributed by atoms with Crippen molar-refractivity contribution in [1.82, 2.24) is 4.31 Å². The maximum atomic E-state index is 12.3. The molecule has 1 aromatic rings. The molecule has 2 rings (SSSR count). The van der Waals surface area contributed by atoms with E-state index in [2.05, 4.69) is 4.72 Å². The van der Waals surface area contributed by atoms with E-state index in [9.17, 15) is 13.2 Å². The van der Waals surface area contributed by atoms with Gasteiger partial charge in [0.1, 0.15) is 0 Å². The SMILES string of the molecule is Cc1ccc(NS(=O)(=O)N2CCC(C(=O)O)CC2)c(C)c1. The first-order chi connectivity index (χ1) is 9.79. The van der Waals surface area contributed by atoms with Crippen LogP contribution in [0.1, 0.15) is 24.0 Å². The van der Waals surface area contributed by atoms with Crippen molar-refractivity contribution < 1.29 is 18.3 Å². The van der Waals surface area contributed by atoms with Crippen molar-refractivity contribution >= 4 is 21.9 Å². The van der Waals surface area contributed by atoms with Gasteiger partial charge >= 0.3 is 16.2 Å². The number of piperidine rings is 1. The maximum Gasteiger partial charge on any atom is 0.306 e. The molecule has 0 unspecified atom stereocenters. The first-order valence-corrected chi connectivity index (χ1v) is 8.31. The van der Waals surface area contributed by atoms with Crippen LogP contribution in [0.15, 0.2) is 18.2 Å². The van der Waals surface area contributed by atoms with Crippen LogP contribution in [0.2, 0.25) is 0 Å². The second-order valence-electron chi connectivity index (χ2n) is 5.44. The highest BCUT2D eigenvalue weighted by atomic mass is 32.2. The van der Waals surface area contributed by atoms with Crippen molar-refractivity contribution in [3.8, 4) is 0 Å². The molecule has 2 N–H and O–H groups in total. The Bertz CT molecular complexity index is 634. The van der Waals surface area contributed by atoms with Crippen molar-refractivity contribution in [2.24, 2.45) is 5.92 Å². The van der Waals surface area contributed by atoms with Gasteiger partial charge in [-0.1, -0.05) is 17.7 Å². The number of hydrogen-bond donors (Lipinski definition) is 2. The number of carboxylic acids is 1. The summed E-state index contributed by atoms with van der Waals surface area (Å²) in [6.45, 7) is 4.26. The van der Waals surface area contributed by atoms with Gasteiger partial charge in [0.25, 0.3) is 0 Å². The number of aliphatic carboxylic acids is 1. The fourth-order valence-electron chi connectivity index (χ4n) is 2.47. The van der Waals surface area contributed by atoms with E-state index in [4.69, 9.17) is 5.11 Å².